The standard InChI is InChI=1S/C11H14N2/c1-8-2-3-12-11(4-8)13-6-9-5-10(9)7-13/h2-4,9-10H,5-7H2,1H3. The van der Waals surface area contributed by atoms with Gasteiger partial charge in [0.1, 0.15) is 5.82 Å². The molecule has 68 valence electrons. The van der Waals surface area contributed by atoms with Crippen LogP contribution in [0.25, 0.3) is 0 Å². The van der Waals surface area contributed by atoms with Crippen molar-refractivity contribution in [3.05, 3.63) is 23.9 Å². The zero-order valence-corrected chi connectivity index (χ0v) is 7.90. The fourth-order valence-electron chi connectivity index (χ4n) is 2.28. The zero-order chi connectivity index (χ0) is 8.84. The summed E-state index contributed by atoms with van der Waals surface area (Å²) in [7, 11) is 0. The first-order chi connectivity index (χ1) is 6.33. The monoisotopic (exact) mass is 174 g/mol. The fourth-order valence-corrected chi connectivity index (χ4v) is 2.28. The molecular formula is C11H14N2. The van der Waals surface area contributed by atoms with Gasteiger partial charge in [0.25, 0.3) is 0 Å². The smallest absolute Gasteiger partial charge is 0.128 e. The highest BCUT2D eigenvalue weighted by Gasteiger charge is 2.45. The zero-order valence-electron chi connectivity index (χ0n) is 7.90. The van der Waals surface area contributed by atoms with Crippen LogP contribution in [-0.4, -0.2) is 18.1 Å². The molecule has 2 heteroatoms. The predicted octanol–water partition coefficient (Wildman–Crippen LogP) is 1.85. The minimum atomic E-state index is 0.988. The Labute approximate surface area is 78.6 Å². The molecule has 1 aromatic rings. The van der Waals surface area contributed by atoms with E-state index in [9.17, 15) is 0 Å². The third kappa shape index (κ3) is 1.21. The van der Waals surface area contributed by atoms with E-state index >= 15 is 0 Å². The molecule has 1 saturated heterocycles. The maximum absolute atomic E-state index is 4.40. The van der Waals surface area contributed by atoms with Crippen LogP contribution in [0.1, 0.15) is 12.0 Å². The fraction of sp³-hybridized carbons (Fsp3) is 0.545. The van der Waals surface area contributed by atoms with Crippen molar-refractivity contribution in [1.82, 2.24) is 4.98 Å². The summed E-state index contributed by atoms with van der Waals surface area (Å²) in [6.45, 7) is 4.60. The molecule has 3 rings (SSSR count). The van der Waals surface area contributed by atoms with E-state index in [-0.39, 0.29) is 0 Å². The van der Waals surface area contributed by atoms with Gasteiger partial charge in [-0.2, -0.15) is 0 Å². The van der Waals surface area contributed by atoms with E-state index in [1.165, 1.54) is 30.9 Å². The first-order valence-corrected chi connectivity index (χ1v) is 5.00. The van der Waals surface area contributed by atoms with Crippen LogP contribution in [0.3, 0.4) is 0 Å². The highest BCUT2D eigenvalue weighted by atomic mass is 15.2. The van der Waals surface area contributed by atoms with Crippen LogP contribution < -0.4 is 4.90 Å². The number of nitrogens with zero attached hydrogens (tertiary/aromatic N) is 2. The Balaban J connectivity index is 1.84. The average molecular weight is 174 g/mol. The molecule has 1 aliphatic heterocycles. The Hall–Kier alpha value is -1.05. The minimum absolute atomic E-state index is 0.988. The first kappa shape index (κ1) is 7.36. The third-order valence-corrected chi connectivity index (χ3v) is 3.20. The third-order valence-electron chi connectivity index (χ3n) is 3.20. The lowest BCUT2D eigenvalue weighted by Crippen LogP contribution is -2.22. The molecule has 2 nitrogen and oxygen atoms in total. The van der Waals surface area contributed by atoms with Gasteiger partial charge in [-0.25, -0.2) is 4.98 Å². The summed E-state index contributed by atoms with van der Waals surface area (Å²) >= 11 is 0. The number of aromatic nitrogens is 1. The quantitative estimate of drug-likeness (QED) is 0.646. The number of rotatable bonds is 1. The molecule has 2 fully saturated rings. The number of aryl methyl sites for hydroxylation is 1. The molecule has 1 aromatic heterocycles. The van der Waals surface area contributed by atoms with Gasteiger partial charge in [-0.05, 0) is 42.9 Å². The van der Waals surface area contributed by atoms with Crippen LogP contribution in [-0.2, 0) is 0 Å². The van der Waals surface area contributed by atoms with Crippen LogP contribution in [0.4, 0.5) is 5.82 Å². The van der Waals surface area contributed by atoms with Crippen LogP contribution in [0.5, 0.6) is 0 Å². The van der Waals surface area contributed by atoms with Gasteiger partial charge in [0.15, 0.2) is 0 Å². The molecule has 0 N–H and O–H groups in total. The lowest BCUT2D eigenvalue weighted by atomic mass is 10.3. The molecule has 2 heterocycles. The first-order valence-electron chi connectivity index (χ1n) is 5.00. The van der Waals surface area contributed by atoms with Crippen LogP contribution in [0, 0.1) is 18.8 Å². The molecule has 0 radical (unpaired) electrons. The van der Waals surface area contributed by atoms with E-state index in [0.29, 0.717) is 0 Å². The van der Waals surface area contributed by atoms with E-state index in [2.05, 4.69) is 28.9 Å². The lowest BCUT2D eigenvalue weighted by Gasteiger charge is -2.18. The van der Waals surface area contributed by atoms with E-state index in [1.807, 2.05) is 6.20 Å². The van der Waals surface area contributed by atoms with Crippen LogP contribution in [0.15, 0.2) is 18.3 Å². The summed E-state index contributed by atoms with van der Waals surface area (Å²) in [5.41, 5.74) is 1.31. The molecule has 0 aromatic carbocycles. The second kappa shape index (κ2) is 2.47. The molecule has 2 unspecified atom stereocenters. The van der Waals surface area contributed by atoms with Crippen molar-refractivity contribution in [2.75, 3.05) is 18.0 Å². The lowest BCUT2D eigenvalue weighted by molar-refractivity contribution is 0.805. The molecule has 1 aliphatic carbocycles. The molecule has 2 aliphatic rings. The van der Waals surface area contributed by atoms with Crippen molar-refractivity contribution in [2.24, 2.45) is 11.8 Å². The molecule has 0 amide bonds. The maximum Gasteiger partial charge on any atom is 0.128 e. The van der Waals surface area contributed by atoms with Gasteiger partial charge in [-0.1, -0.05) is 0 Å². The van der Waals surface area contributed by atoms with Gasteiger partial charge in [-0.15, -0.1) is 0 Å². The minimum Gasteiger partial charge on any atom is -0.356 e. The Bertz CT molecular complexity index is 325. The summed E-state index contributed by atoms with van der Waals surface area (Å²) in [4.78, 5) is 6.82. The van der Waals surface area contributed by atoms with Gasteiger partial charge >= 0.3 is 0 Å². The average Bonchev–Trinajstić information content (AvgIpc) is 2.74. The van der Waals surface area contributed by atoms with Crippen molar-refractivity contribution in [1.29, 1.82) is 0 Å². The summed E-state index contributed by atoms with van der Waals surface area (Å²) < 4.78 is 0. The van der Waals surface area contributed by atoms with Crippen molar-refractivity contribution >= 4 is 5.82 Å². The molecular weight excluding hydrogens is 160 g/mol. The number of fused-ring (bicyclic) bond motifs is 1. The van der Waals surface area contributed by atoms with Gasteiger partial charge in [-0.3, -0.25) is 0 Å². The summed E-state index contributed by atoms with van der Waals surface area (Å²) in [5, 5.41) is 0. The Morgan fingerprint density at radius 2 is 2.15 bits per heavy atom. The van der Waals surface area contributed by atoms with Gasteiger partial charge < -0.3 is 4.90 Å². The van der Waals surface area contributed by atoms with Gasteiger partial charge in [0, 0.05) is 19.3 Å². The highest BCUT2D eigenvalue weighted by molar-refractivity contribution is 5.43. The number of pyridine rings is 1. The van der Waals surface area contributed by atoms with E-state index in [1.54, 1.807) is 0 Å². The summed E-state index contributed by atoms with van der Waals surface area (Å²) in [5.74, 6) is 3.15. The predicted molar refractivity (Wildman–Crippen MR) is 52.8 cm³/mol. The van der Waals surface area contributed by atoms with Crippen molar-refractivity contribution in [3.8, 4) is 0 Å². The Kier molecular flexibility index (Phi) is 1.40. The normalized spacial score (nSPS) is 30.4. The van der Waals surface area contributed by atoms with Gasteiger partial charge in [0.2, 0.25) is 0 Å². The van der Waals surface area contributed by atoms with E-state index in [4.69, 9.17) is 0 Å². The largest absolute Gasteiger partial charge is 0.356 e. The topological polar surface area (TPSA) is 16.1 Å². The molecule has 1 saturated carbocycles. The second-order valence-electron chi connectivity index (χ2n) is 4.35. The van der Waals surface area contributed by atoms with Crippen molar-refractivity contribution < 1.29 is 0 Å². The number of anilines is 1. The van der Waals surface area contributed by atoms with E-state index < -0.39 is 0 Å². The molecule has 2 atom stereocenters. The molecule has 0 spiro atoms. The maximum atomic E-state index is 4.40. The van der Waals surface area contributed by atoms with E-state index in [0.717, 1.165) is 11.8 Å². The van der Waals surface area contributed by atoms with Crippen molar-refractivity contribution in [2.45, 2.75) is 13.3 Å². The summed E-state index contributed by atoms with van der Waals surface area (Å²) in [6, 6.07) is 4.24. The SMILES string of the molecule is Cc1ccnc(N2CC3CC3C2)c1. The molecule has 0 bridgehead atoms. The number of piperidine rings is 1. The number of hydrogen-bond donors (Lipinski definition) is 0. The highest BCUT2D eigenvalue weighted by Crippen LogP contribution is 2.45. The van der Waals surface area contributed by atoms with Crippen LogP contribution >= 0.6 is 0 Å². The molecule has 13 heavy (non-hydrogen) atoms. The Morgan fingerprint density at radius 1 is 1.38 bits per heavy atom. The second-order valence-corrected chi connectivity index (χ2v) is 4.35. The van der Waals surface area contributed by atoms with Gasteiger partial charge in [0.05, 0.1) is 0 Å². The van der Waals surface area contributed by atoms with Crippen molar-refractivity contribution in [3.63, 3.8) is 0 Å². The number of hydrogen-bond acceptors (Lipinski definition) is 2. The Morgan fingerprint density at radius 3 is 2.85 bits per heavy atom. The summed E-state index contributed by atoms with van der Waals surface area (Å²) in [6.07, 6.45) is 3.37. The van der Waals surface area contributed by atoms with Crippen LogP contribution in [0.2, 0.25) is 0 Å².